The fourth-order valence-electron chi connectivity index (χ4n) is 2.54. The van der Waals surface area contributed by atoms with E-state index in [1.807, 2.05) is 6.20 Å². The van der Waals surface area contributed by atoms with Crippen LogP contribution in [0.4, 0.5) is 5.13 Å². The number of pyridine rings is 1. The monoisotopic (exact) mass is 318 g/mol. The number of nitrogens with zero attached hydrogens (tertiary/aromatic N) is 2. The summed E-state index contributed by atoms with van der Waals surface area (Å²) in [6.07, 6.45) is 5.67. The van der Waals surface area contributed by atoms with Crippen LogP contribution in [-0.2, 0) is 11.3 Å². The molecule has 2 aromatic heterocycles. The highest BCUT2D eigenvalue weighted by Crippen LogP contribution is 2.31. The van der Waals surface area contributed by atoms with Crippen LogP contribution in [0.15, 0.2) is 35.4 Å². The van der Waals surface area contributed by atoms with Gasteiger partial charge in [0, 0.05) is 23.3 Å². The number of thiazole rings is 1. The third-order valence-electron chi connectivity index (χ3n) is 3.72. The Morgan fingerprint density at radius 1 is 1.41 bits per heavy atom. The molecule has 3 rings (SSSR count). The van der Waals surface area contributed by atoms with E-state index in [-0.39, 0.29) is 18.0 Å². The molecule has 2 aromatic rings. The molecule has 22 heavy (non-hydrogen) atoms. The minimum atomic E-state index is -0.237. The number of anilines is 1. The molecule has 1 aliphatic heterocycles. The van der Waals surface area contributed by atoms with Gasteiger partial charge in [0.2, 0.25) is 5.91 Å². The first-order valence-corrected chi connectivity index (χ1v) is 8.16. The maximum Gasteiger partial charge on any atom is 0.250 e. The Kier molecular flexibility index (Phi) is 4.65. The maximum atomic E-state index is 12.0. The van der Waals surface area contributed by atoms with Crippen LogP contribution < -0.4 is 16.2 Å². The molecule has 0 bridgehead atoms. The van der Waals surface area contributed by atoms with Crippen LogP contribution in [-0.4, -0.2) is 28.5 Å². The molecule has 2 N–H and O–H groups in total. The predicted octanol–water partition coefficient (Wildman–Crippen LogP) is 1.41. The second-order valence-corrected chi connectivity index (χ2v) is 6.37. The summed E-state index contributed by atoms with van der Waals surface area (Å²) in [5, 5.41) is 6.71. The van der Waals surface area contributed by atoms with Gasteiger partial charge in [0.15, 0.2) is 5.13 Å². The van der Waals surface area contributed by atoms with Crippen LogP contribution in [0.5, 0.6) is 0 Å². The third-order valence-corrected chi connectivity index (χ3v) is 4.80. The van der Waals surface area contributed by atoms with E-state index in [2.05, 4.69) is 15.6 Å². The molecular formula is C15H18N4O2S. The Bertz CT molecular complexity index is 703. The fraction of sp³-hybridized carbons (Fsp3) is 0.400. The number of rotatable bonds is 4. The minimum absolute atomic E-state index is 0.00192. The number of hydrogen-bond acceptors (Lipinski definition) is 5. The molecule has 0 atom stereocenters. The Balaban J connectivity index is 1.61. The minimum Gasteiger partial charge on any atom is -0.317 e. The zero-order chi connectivity index (χ0) is 15.4. The molecule has 116 valence electrons. The number of nitrogens with one attached hydrogen (secondary N) is 2. The molecule has 0 saturated carbocycles. The average molecular weight is 318 g/mol. The molecule has 0 aliphatic carbocycles. The Morgan fingerprint density at radius 2 is 2.23 bits per heavy atom. The van der Waals surface area contributed by atoms with Crippen LogP contribution in [0.25, 0.3) is 0 Å². The highest BCUT2D eigenvalue weighted by molar-refractivity contribution is 7.15. The standard InChI is InChI=1S/C15H18N4O2S/c20-13(10-19-8-2-1-3-14(19)21)18-15-17-9-12(22-15)11-4-6-16-7-5-11/h1-3,8-9,11,16H,4-7,10H2,(H,17,18,20). The second kappa shape index (κ2) is 6.85. The summed E-state index contributed by atoms with van der Waals surface area (Å²) in [5.74, 6) is 0.292. The molecular weight excluding hydrogens is 300 g/mol. The molecule has 0 spiro atoms. The fourth-order valence-corrected chi connectivity index (χ4v) is 3.55. The highest BCUT2D eigenvalue weighted by Gasteiger charge is 2.18. The van der Waals surface area contributed by atoms with Gasteiger partial charge in [0.25, 0.3) is 5.56 Å². The van der Waals surface area contributed by atoms with Gasteiger partial charge in [-0.25, -0.2) is 4.98 Å². The summed E-state index contributed by atoms with van der Waals surface area (Å²) in [6, 6.07) is 4.82. The Morgan fingerprint density at radius 3 is 3.00 bits per heavy atom. The van der Waals surface area contributed by atoms with Crippen LogP contribution in [0.3, 0.4) is 0 Å². The molecule has 7 heteroatoms. The van der Waals surface area contributed by atoms with E-state index in [0.717, 1.165) is 25.9 Å². The number of carbonyl (C=O) groups excluding carboxylic acids is 1. The molecule has 6 nitrogen and oxygen atoms in total. The summed E-state index contributed by atoms with van der Waals surface area (Å²) < 4.78 is 1.37. The lowest BCUT2D eigenvalue weighted by molar-refractivity contribution is -0.116. The zero-order valence-corrected chi connectivity index (χ0v) is 12.9. The van der Waals surface area contributed by atoms with Gasteiger partial charge in [-0.1, -0.05) is 6.07 Å². The SMILES string of the molecule is O=C(Cn1ccccc1=O)Nc1ncc(C2CCNCC2)s1. The average Bonchev–Trinajstić information content (AvgIpc) is 2.99. The van der Waals surface area contributed by atoms with Gasteiger partial charge in [-0.15, -0.1) is 11.3 Å². The first-order valence-electron chi connectivity index (χ1n) is 7.34. The van der Waals surface area contributed by atoms with Gasteiger partial charge >= 0.3 is 0 Å². The summed E-state index contributed by atoms with van der Waals surface area (Å²) in [7, 11) is 0. The topological polar surface area (TPSA) is 76.0 Å². The van der Waals surface area contributed by atoms with Crippen molar-refractivity contribution in [1.82, 2.24) is 14.9 Å². The van der Waals surface area contributed by atoms with Gasteiger partial charge in [-0.2, -0.15) is 0 Å². The molecule has 1 saturated heterocycles. The summed E-state index contributed by atoms with van der Waals surface area (Å²) in [4.78, 5) is 29.1. The van der Waals surface area contributed by atoms with Gasteiger partial charge in [0.05, 0.1) is 0 Å². The molecule has 1 aliphatic rings. The van der Waals surface area contributed by atoms with Crippen LogP contribution in [0.1, 0.15) is 23.6 Å². The van der Waals surface area contributed by atoms with Crippen molar-refractivity contribution in [3.8, 4) is 0 Å². The van der Waals surface area contributed by atoms with Crippen LogP contribution in [0, 0.1) is 0 Å². The van der Waals surface area contributed by atoms with Gasteiger partial charge < -0.3 is 15.2 Å². The molecule has 0 radical (unpaired) electrons. The molecule has 1 fully saturated rings. The smallest absolute Gasteiger partial charge is 0.250 e. The van der Waals surface area contributed by atoms with Crippen LogP contribution in [0.2, 0.25) is 0 Å². The van der Waals surface area contributed by atoms with E-state index in [0.29, 0.717) is 11.0 Å². The van der Waals surface area contributed by atoms with Gasteiger partial charge in [-0.05, 0) is 37.9 Å². The summed E-state index contributed by atoms with van der Waals surface area (Å²) in [6.45, 7) is 2.06. The van der Waals surface area contributed by atoms with Crippen molar-refractivity contribution in [2.45, 2.75) is 25.3 Å². The second-order valence-electron chi connectivity index (χ2n) is 5.31. The number of aromatic nitrogens is 2. The Hall–Kier alpha value is -1.99. The number of carbonyl (C=O) groups is 1. The van der Waals surface area contributed by atoms with E-state index in [1.54, 1.807) is 18.3 Å². The highest BCUT2D eigenvalue weighted by atomic mass is 32.1. The molecule has 3 heterocycles. The van der Waals surface area contributed by atoms with Crippen molar-refractivity contribution in [1.29, 1.82) is 0 Å². The quantitative estimate of drug-likeness (QED) is 0.894. The number of hydrogen-bond donors (Lipinski definition) is 2. The normalized spacial score (nSPS) is 15.6. The van der Waals surface area contributed by atoms with Crippen molar-refractivity contribution in [3.63, 3.8) is 0 Å². The number of amides is 1. The largest absolute Gasteiger partial charge is 0.317 e. The van der Waals surface area contributed by atoms with Crippen LogP contribution >= 0.6 is 11.3 Å². The predicted molar refractivity (Wildman–Crippen MR) is 86.3 cm³/mol. The third kappa shape index (κ3) is 3.61. The van der Waals surface area contributed by atoms with Gasteiger partial charge in [0.1, 0.15) is 6.54 Å². The lowest BCUT2D eigenvalue weighted by Crippen LogP contribution is -2.26. The number of piperidine rings is 1. The molecule has 0 unspecified atom stereocenters. The van der Waals surface area contributed by atoms with Crippen molar-refractivity contribution in [2.24, 2.45) is 0 Å². The first kappa shape index (κ1) is 14.9. The van der Waals surface area contributed by atoms with E-state index >= 15 is 0 Å². The first-order chi connectivity index (χ1) is 10.7. The van der Waals surface area contributed by atoms with Crippen molar-refractivity contribution >= 4 is 22.4 Å². The van der Waals surface area contributed by atoms with E-state index in [1.165, 1.54) is 26.8 Å². The summed E-state index contributed by atoms with van der Waals surface area (Å²) >= 11 is 1.52. The van der Waals surface area contributed by atoms with E-state index in [4.69, 9.17) is 0 Å². The lowest BCUT2D eigenvalue weighted by atomic mass is 9.97. The van der Waals surface area contributed by atoms with E-state index in [9.17, 15) is 9.59 Å². The molecule has 1 amide bonds. The van der Waals surface area contributed by atoms with Gasteiger partial charge in [-0.3, -0.25) is 9.59 Å². The summed E-state index contributed by atoms with van der Waals surface area (Å²) in [5.41, 5.74) is -0.188. The van der Waals surface area contributed by atoms with E-state index < -0.39 is 0 Å². The van der Waals surface area contributed by atoms with Crippen molar-refractivity contribution in [2.75, 3.05) is 18.4 Å². The Labute approximate surface area is 132 Å². The zero-order valence-electron chi connectivity index (χ0n) is 12.1. The van der Waals surface area contributed by atoms with Crippen molar-refractivity contribution < 1.29 is 4.79 Å². The van der Waals surface area contributed by atoms with Crippen molar-refractivity contribution in [3.05, 3.63) is 45.8 Å². The maximum absolute atomic E-state index is 12.0. The molecule has 0 aromatic carbocycles. The lowest BCUT2D eigenvalue weighted by Gasteiger charge is -2.20.